The molecule has 1 heterocycles. The number of hydrogen-bond donors (Lipinski definition) is 0. The summed E-state index contributed by atoms with van der Waals surface area (Å²) in [4.78, 5) is 17.1. The second-order valence-electron chi connectivity index (χ2n) is 3.37. The number of aromatic nitrogens is 1. The molecule has 70 valence electrons. The van der Waals surface area contributed by atoms with Crippen molar-refractivity contribution in [3.63, 3.8) is 0 Å². The molecule has 1 amide bonds. The summed E-state index contributed by atoms with van der Waals surface area (Å²) in [5, 5.41) is 0. The molecule has 0 atom stereocenters. The van der Waals surface area contributed by atoms with Crippen LogP contribution in [-0.2, 0) is 0 Å². The Morgan fingerprint density at radius 2 is 2.46 bits per heavy atom. The van der Waals surface area contributed by atoms with Crippen molar-refractivity contribution in [2.45, 2.75) is 25.3 Å². The molecular weight excluding hydrogens is 168 g/mol. The maximum atomic E-state index is 11.6. The zero-order valence-electron chi connectivity index (χ0n) is 7.56. The summed E-state index contributed by atoms with van der Waals surface area (Å²) in [6.07, 6.45) is 6.17. The van der Waals surface area contributed by atoms with Crippen molar-refractivity contribution in [3.05, 3.63) is 18.4 Å². The van der Waals surface area contributed by atoms with Gasteiger partial charge in [-0.1, -0.05) is 0 Å². The Kier molecular flexibility index (Phi) is 2.04. The molecule has 1 saturated carbocycles. The van der Waals surface area contributed by atoms with Crippen LogP contribution in [0.3, 0.4) is 0 Å². The van der Waals surface area contributed by atoms with E-state index in [0.29, 0.717) is 11.8 Å². The fourth-order valence-corrected chi connectivity index (χ4v) is 1.44. The highest BCUT2D eigenvalue weighted by Crippen LogP contribution is 2.24. The molecule has 0 radical (unpaired) electrons. The first-order valence-corrected chi connectivity index (χ1v) is 4.44. The summed E-state index contributed by atoms with van der Waals surface area (Å²) in [5.41, 5.74) is 0. The molecule has 1 aliphatic rings. The quantitative estimate of drug-likeness (QED) is 0.689. The van der Waals surface area contributed by atoms with Crippen LogP contribution >= 0.6 is 0 Å². The molecule has 13 heavy (non-hydrogen) atoms. The van der Waals surface area contributed by atoms with Crippen molar-refractivity contribution in [1.82, 2.24) is 9.88 Å². The van der Waals surface area contributed by atoms with Gasteiger partial charge in [-0.3, -0.25) is 4.79 Å². The Morgan fingerprint density at radius 1 is 1.69 bits per heavy atom. The third-order valence-corrected chi connectivity index (χ3v) is 2.59. The van der Waals surface area contributed by atoms with Crippen molar-refractivity contribution < 1.29 is 9.21 Å². The van der Waals surface area contributed by atoms with E-state index in [1.807, 2.05) is 7.05 Å². The topological polar surface area (TPSA) is 46.3 Å². The molecule has 4 heteroatoms. The Labute approximate surface area is 76.6 Å². The summed E-state index contributed by atoms with van der Waals surface area (Å²) in [6.45, 7) is 0. The lowest BCUT2D eigenvalue weighted by molar-refractivity contribution is 0.0620. The van der Waals surface area contributed by atoms with Gasteiger partial charge >= 0.3 is 0 Å². The summed E-state index contributed by atoms with van der Waals surface area (Å²) in [6, 6.07) is 0.401. The third-order valence-electron chi connectivity index (χ3n) is 2.59. The van der Waals surface area contributed by atoms with Gasteiger partial charge in [0, 0.05) is 13.1 Å². The van der Waals surface area contributed by atoms with Crippen LogP contribution in [0.5, 0.6) is 0 Å². The highest BCUT2D eigenvalue weighted by Gasteiger charge is 2.27. The number of amides is 1. The van der Waals surface area contributed by atoms with E-state index in [-0.39, 0.29) is 5.91 Å². The second-order valence-corrected chi connectivity index (χ2v) is 3.37. The maximum Gasteiger partial charge on any atom is 0.291 e. The van der Waals surface area contributed by atoms with Crippen LogP contribution in [0.2, 0.25) is 0 Å². The molecule has 1 aromatic rings. The van der Waals surface area contributed by atoms with Gasteiger partial charge in [0.25, 0.3) is 5.91 Å². The van der Waals surface area contributed by atoms with E-state index in [2.05, 4.69) is 4.98 Å². The third kappa shape index (κ3) is 1.43. The van der Waals surface area contributed by atoms with Crippen LogP contribution in [0.15, 0.2) is 17.0 Å². The maximum absolute atomic E-state index is 11.6. The van der Waals surface area contributed by atoms with Gasteiger partial charge < -0.3 is 9.32 Å². The fraction of sp³-hybridized carbons (Fsp3) is 0.556. The zero-order chi connectivity index (χ0) is 9.26. The molecule has 0 bridgehead atoms. The highest BCUT2D eigenvalue weighted by molar-refractivity contribution is 5.91. The first-order chi connectivity index (χ1) is 6.29. The SMILES string of the molecule is CN(C(=O)c1cnco1)C1CCC1. The molecule has 4 nitrogen and oxygen atoms in total. The van der Waals surface area contributed by atoms with Crippen LogP contribution in [0, 0.1) is 0 Å². The van der Waals surface area contributed by atoms with E-state index in [9.17, 15) is 4.79 Å². The summed E-state index contributed by atoms with van der Waals surface area (Å²) >= 11 is 0. The van der Waals surface area contributed by atoms with E-state index in [0.717, 1.165) is 12.8 Å². The van der Waals surface area contributed by atoms with Gasteiger partial charge in [0.2, 0.25) is 5.76 Å². The normalized spacial score (nSPS) is 16.7. The number of oxazole rings is 1. The average Bonchev–Trinajstić information content (AvgIpc) is 2.51. The van der Waals surface area contributed by atoms with E-state index in [4.69, 9.17) is 4.42 Å². The molecule has 0 saturated heterocycles. The Bertz CT molecular complexity index is 291. The number of hydrogen-bond acceptors (Lipinski definition) is 3. The molecule has 1 aromatic heterocycles. The van der Waals surface area contributed by atoms with Crippen LogP contribution < -0.4 is 0 Å². The standard InChI is InChI=1S/C9H12N2O2/c1-11(7-3-2-4-7)9(12)8-5-10-6-13-8/h5-7H,2-4H2,1H3. The van der Waals surface area contributed by atoms with Gasteiger partial charge in [0.1, 0.15) is 0 Å². The first kappa shape index (κ1) is 8.29. The fourth-order valence-electron chi connectivity index (χ4n) is 1.44. The minimum Gasteiger partial charge on any atom is -0.438 e. The largest absolute Gasteiger partial charge is 0.438 e. The molecular formula is C9H12N2O2. The van der Waals surface area contributed by atoms with E-state index in [1.54, 1.807) is 4.90 Å². The predicted molar refractivity (Wildman–Crippen MR) is 46.2 cm³/mol. The van der Waals surface area contributed by atoms with Crippen molar-refractivity contribution in [2.24, 2.45) is 0 Å². The van der Waals surface area contributed by atoms with Crippen molar-refractivity contribution >= 4 is 5.91 Å². The van der Waals surface area contributed by atoms with Gasteiger partial charge in [0.15, 0.2) is 6.39 Å². The summed E-state index contributed by atoms with van der Waals surface area (Å²) in [7, 11) is 1.81. The average molecular weight is 180 g/mol. The number of nitrogens with zero attached hydrogens (tertiary/aromatic N) is 2. The smallest absolute Gasteiger partial charge is 0.291 e. The van der Waals surface area contributed by atoms with E-state index in [1.165, 1.54) is 19.0 Å². The molecule has 0 unspecified atom stereocenters. The van der Waals surface area contributed by atoms with Crippen LogP contribution in [-0.4, -0.2) is 28.9 Å². The van der Waals surface area contributed by atoms with Gasteiger partial charge in [-0.2, -0.15) is 0 Å². The predicted octanol–water partition coefficient (Wildman–Crippen LogP) is 1.30. The Morgan fingerprint density at radius 3 is 2.92 bits per heavy atom. The lowest BCUT2D eigenvalue weighted by atomic mass is 9.92. The number of carbonyl (C=O) groups excluding carboxylic acids is 1. The highest BCUT2D eigenvalue weighted by atomic mass is 16.3. The monoisotopic (exact) mass is 180 g/mol. The number of carbonyl (C=O) groups is 1. The molecule has 1 aliphatic carbocycles. The van der Waals surface area contributed by atoms with Crippen molar-refractivity contribution in [3.8, 4) is 0 Å². The van der Waals surface area contributed by atoms with Gasteiger partial charge in [-0.15, -0.1) is 0 Å². The second kappa shape index (κ2) is 3.20. The van der Waals surface area contributed by atoms with Gasteiger partial charge in [-0.25, -0.2) is 4.98 Å². The molecule has 0 aliphatic heterocycles. The molecule has 1 fully saturated rings. The van der Waals surface area contributed by atoms with Gasteiger partial charge in [0.05, 0.1) is 6.20 Å². The zero-order valence-corrected chi connectivity index (χ0v) is 7.56. The van der Waals surface area contributed by atoms with Crippen LogP contribution in [0.1, 0.15) is 29.8 Å². The van der Waals surface area contributed by atoms with E-state index < -0.39 is 0 Å². The Hall–Kier alpha value is -1.32. The van der Waals surface area contributed by atoms with Crippen LogP contribution in [0.25, 0.3) is 0 Å². The molecule has 0 aromatic carbocycles. The van der Waals surface area contributed by atoms with Crippen LogP contribution in [0.4, 0.5) is 0 Å². The molecule has 0 N–H and O–H groups in total. The number of rotatable bonds is 2. The van der Waals surface area contributed by atoms with Crippen molar-refractivity contribution in [1.29, 1.82) is 0 Å². The summed E-state index contributed by atoms with van der Waals surface area (Å²) < 4.78 is 4.93. The summed E-state index contributed by atoms with van der Waals surface area (Å²) in [5.74, 6) is 0.261. The van der Waals surface area contributed by atoms with Gasteiger partial charge in [-0.05, 0) is 19.3 Å². The molecule has 0 spiro atoms. The Balaban J connectivity index is 2.04. The van der Waals surface area contributed by atoms with Crippen molar-refractivity contribution in [2.75, 3.05) is 7.05 Å². The minimum absolute atomic E-state index is 0.0674. The first-order valence-electron chi connectivity index (χ1n) is 4.44. The lowest BCUT2D eigenvalue weighted by Gasteiger charge is -2.34. The van der Waals surface area contributed by atoms with E-state index >= 15 is 0 Å². The lowest BCUT2D eigenvalue weighted by Crippen LogP contribution is -2.41. The molecule has 2 rings (SSSR count). The minimum atomic E-state index is -0.0674.